The molecule has 18 heavy (non-hydrogen) atoms. The van der Waals surface area contributed by atoms with E-state index in [4.69, 9.17) is 10.8 Å². The van der Waals surface area contributed by atoms with Crippen LogP contribution in [0.4, 0.5) is 8.78 Å². The van der Waals surface area contributed by atoms with E-state index in [1.54, 1.807) is 5.32 Å². The van der Waals surface area contributed by atoms with E-state index in [1.165, 1.54) is 6.92 Å². The van der Waals surface area contributed by atoms with Gasteiger partial charge in [0.25, 0.3) is 0 Å². The first-order valence-corrected chi connectivity index (χ1v) is 5.17. The summed E-state index contributed by atoms with van der Waals surface area (Å²) in [6, 6.07) is -4.74. The molecule has 0 aromatic carbocycles. The van der Waals surface area contributed by atoms with Gasteiger partial charge < -0.3 is 10.8 Å². The number of hydrogen-bond donors (Lipinski definition) is 4. The van der Waals surface area contributed by atoms with Crippen LogP contribution in [0.2, 0.25) is 0 Å². The number of nitrogens with zero attached hydrogens (tertiary/aromatic N) is 1. The normalized spacial score (nSPS) is 13.2. The largest absolute Gasteiger partial charge is 0.480 e. The Balaban J connectivity index is -0.00000112. The molecular weight excluding hydrogens is 311 g/mol. The van der Waals surface area contributed by atoms with Crippen molar-refractivity contribution in [2.45, 2.75) is 25.4 Å². The quantitative estimate of drug-likeness (QED) is 0.244. The number of amidine groups is 1. The van der Waals surface area contributed by atoms with Crippen LogP contribution in [0.1, 0.15) is 13.3 Å². The molecule has 0 radical (unpaired) electrons. The molecule has 0 fully saturated rings. The van der Waals surface area contributed by atoms with Gasteiger partial charge in [-0.15, -0.1) is 24.8 Å². The van der Waals surface area contributed by atoms with Gasteiger partial charge in [0.05, 0.1) is 5.84 Å². The average molecular weight is 328 g/mol. The summed E-state index contributed by atoms with van der Waals surface area (Å²) in [5, 5.41) is 10.4. The molecule has 0 saturated heterocycles. The monoisotopic (exact) mass is 327 g/mol. The van der Waals surface area contributed by atoms with Gasteiger partial charge in [-0.3, -0.25) is 9.79 Å². The number of nitrogens with one attached hydrogen (secondary N) is 1. The van der Waals surface area contributed by atoms with Crippen molar-refractivity contribution in [1.82, 2.24) is 5.32 Å². The number of alkyl halides is 2. The van der Waals surface area contributed by atoms with Gasteiger partial charge in [0.1, 0.15) is 12.6 Å². The number of aliphatic imine (C=N–C) groups is 1. The SMILES string of the molecule is CC(N)=NCC(F)(F)NC(CCS)C(=O)O.Cl.Cl. The third kappa shape index (κ3) is 10.8. The van der Waals surface area contributed by atoms with Crippen molar-refractivity contribution in [3.63, 3.8) is 0 Å². The van der Waals surface area contributed by atoms with Gasteiger partial charge in [-0.2, -0.15) is 21.4 Å². The Bertz CT molecular complexity index is 279. The fourth-order valence-corrected chi connectivity index (χ4v) is 1.17. The number of carbonyl (C=O) groups is 1. The van der Waals surface area contributed by atoms with E-state index >= 15 is 0 Å². The summed E-state index contributed by atoms with van der Waals surface area (Å²) in [7, 11) is 0. The Morgan fingerprint density at radius 2 is 2.06 bits per heavy atom. The zero-order valence-electron chi connectivity index (χ0n) is 9.60. The van der Waals surface area contributed by atoms with E-state index in [0.29, 0.717) is 0 Å². The van der Waals surface area contributed by atoms with Crippen LogP contribution in [-0.4, -0.2) is 41.3 Å². The van der Waals surface area contributed by atoms with Gasteiger partial charge in [-0.1, -0.05) is 0 Å². The van der Waals surface area contributed by atoms with Crippen molar-refractivity contribution in [2.24, 2.45) is 10.7 Å². The first-order chi connectivity index (χ1) is 7.28. The molecule has 0 spiro atoms. The Labute approximate surface area is 122 Å². The molecule has 4 N–H and O–H groups in total. The molecular formula is C8H17Cl2F2N3O2S. The van der Waals surface area contributed by atoms with Crippen molar-refractivity contribution < 1.29 is 18.7 Å². The number of thiol groups is 1. The Hall–Kier alpha value is -0.310. The van der Waals surface area contributed by atoms with Crippen molar-refractivity contribution in [3.05, 3.63) is 0 Å². The molecule has 0 aromatic heterocycles. The third-order valence-electron chi connectivity index (χ3n) is 1.63. The lowest BCUT2D eigenvalue weighted by Crippen LogP contribution is -2.50. The Kier molecular flexibility index (Phi) is 13.4. The lowest BCUT2D eigenvalue weighted by atomic mass is 10.2. The van der Waals surface area contributed by atoms with Gasteiger partial charge in [0.2, 0.25) is 0 Å². The molecule has 1 unspecified atom stereocenters. The smallest absolute Gasteiger partial charge is 0.322 e. The minimum absolute atomic E-state index is 0. The van der Waals surface area contributed by atoms with E-state index in [9.17, 15) is 13.6 Å². The summed E-state index contributed by atoms with van der Waals surface area (Å²) in [4.78, 5) is 14.0. The minimum atomic E-state index is -3.40. The lowest BCUT2D eigenvalue weighted by molar-refractivity contribution is -0.143. The standard InChI is InChI=1S/C8H15F2N3O2S.2ClH/c1-5(11)12-4-8(9,10)13-6(2-3-16)7(14)15;;/h6,13,16H,2-4H2,1H3,(H2,11,12)(H,14,15);2*1H. The predicted molar refractivity (Wildman–Crippen MR) is 74.6 cm³/mol. The van der Waals surface area contributed by atoms with Gasteiger partial charge >= 0.3 is 12.0 Å². The number of aliphatic carboxylic acids is 1. The van der Waals surface area contributed by atoms with Crippen LogP contribution in [0.5, 0.6) is 0 Å². The van der Waals surface area contributed by atoms with Crippen LogP contribution < -0.4 is 11.1 Å². The van der Waals surface area contributed by atoms with Gasteiger partial charge in [0.15, 0.2) is 0 Å². The highest BCUT2D eigenvalue weighted by atomic mass is 35.5. The van der Waals surface area contributed by atoms with Crippen molar-refractivity contribution in [2.75, 3.05) is 12.3 Å². The lowest BCUT2D eigenvalue weighted by Gasteiger charge is -2.21. The van der Waals surface area contributed by atoms with Crippen LogP contribution in [0, 0.1) is 0 Å². The molecule has 0 aliphatic carbocycles. The first kappa shape index (κ1) is 22.8. The summed E-state index contributed by atoms with van der Waals surface area (Å²) in [6.45, 7) is 0.490. The van der Waals surface area contributed by atoms with Crippen LogP contribution in [0.15, 0.2) is 4.99 Å². The topological polar surface area (TPSA) is 87.7 Å². The minimum Gasteiger partial charge on any atom is -0.480 e. The number of carboxylic acids is 1. The van der Waals surface area contributed by atoms with E-state index in [0.717, 1.165) is 0 Å². The number of carboxylic acid groups (broad SMARTS) is 1. The fourth-order valence-electron chi connectivity index (χ4n) is 0.911. The van der Waals surface area contributed by atoms with E-state index < -0.39 is 24.6 Å². The zero-order chi connectivity index (χ0) is 12.8. The van der Waals surface area contributed by atoms with E-state index in [1.807, 2.05) is 0 Å². The number of hydrogen-bond acceptors (Lipinski definition) is 4. The molecule has 0 aliphatic heterocycles. The fraction of sp³-hybridized carbons (Fsp3) is 0.750. The predicted octanol–water partition coefficient (Wildman–Crippen LogP) is 1.16. The highest BCUT2D eigenvalue weighted by molar-refractivity contribution is 7.80. The van der Waals surface area contributed by atoms with E-state index in [2.05, 4.69) is 17.6 Å². The maximum Gasteiger partial charge on any atom is 0.322 e. The second kappa shape index (κ2) is 10.6. The summed E-state index contributed by atoms with van der Waals surface area (Å²) in [5.74, 6) is -1.14. The zero-order valence-corrected chi connectivity index (χ0v) is 12.1. The van der Waals surface area contributed by atoms with Gasteiger partial charge in [-0.05, 0) is 19.1 Å². The maximum absolute atomic E-state index is 13.2. The van der Waals surface area contributed by atoms with Crippen LogP contribution in [-0.2, 0) is 4.79 Å². The molecule has 10 heteroatoms. The highest BCUT2D eigenvalue weighted by Gasteiger charge is 2.33. The van der Waals surface area contributed by atoms with Gasteiger partial charge in [-0.25, -0.2) is 5.32 Å². The molecule has 1 atom stereocenters. The van der Waals surface area contributed by atoms with E-state index in [-0.39, 0.29) is 42.8 Å². The van der Waals surface area contributed by atoms with Crippen molar-refractivity contribution in [1.29, 1.82) is 0 Å². The van der Waals surface area contributed by atoms with Gasteiger partial charge in [0, 0.05) is 0 Å². The molecule has 5 nitrogen and oxygen atoms in total. The molecule has 0 saturated carbocycles. The number of halogens is 4. The molecule has 0 bridgehead atoms. The van der Waals surface area contributed by atoms with Crippen molar-refractivity contribution in [3.8, 4) is 0 Å². The molecule has 0 aliphatic rings. The first-order valence-electron chi connectivity index (χ1n) is 4.54. The Morgan fingerprint density at radius 1 is 1.56 bits per heavy atom. The number of nitrogens with two attached hydrogens (primary N) is 1. The molecule has 0 rings (SSSR count). The second-order valence-corrected chi connectivity index (χ2v) is 3.66. The van der Waals surface area contributed by atoms with Crippen LogP contribution in [0.3, 0.4) is 0 Å². The second-order valence-electron chi connectivity index (χ2n) is 3.21. The molecule has 110 valence electrons. The summed E-state index contributed by atoms with van der Waals surface area (Å²) in [5.41, 5.74) is 5.11. The molecule has 0 aromatic rings. The summed E-state index contributed by atoms with van der Waals surface area (Å²) < 4.78 is 26.3. The molecule has 0 amide bonds. The summed E-state index contributed by atoms with van der Waals surface area (Å²) >= 11 is 3.79. The Morgan fingerprint density at radius 3 is 2.39 bits per heavy atom. The van der Waals surface area contributed by atoms with Crippen LogP contribution in [0.25, 0.3) is 0 Å². The highest BCUT2D eigenvalue weighted by Crippen LogP contribution is 2.12. The maximum atomic E-state index is 13.2. The number of rotatable bonds is 7. The third-order valence-corrected chi connectivity index (χ3v) is 1.89. The molecule has 0 heterocycles. The summed E-state index contributed by atoms with van der Waals surface area (Å²) in [6.07, 6.45) is -0.000639. The van der Waals surface area contributed by atoms with Crippen LogP contribution >= 0.6 is 37.4 Å². The van der Waals surface area contributed by atoms with Crippen molar-refractivity contribution >= 4 is 49.2 Å². The average Bonchev–Trinajstić information content (AvgIpc) is 2.14.